The Labute approximate surface area is 605 Å². The van der Waals surface area contributed by atoms with E-state index in [2.05, 4.69) is 67.8 Å². The number of nitrogens with one attached hydrogen (secondary N) is 1. The fourth-order valence-electron chi connectivity index (χ4n) is 13.4. The molecule has 7 unspecified atom stereocenters. The fourth-order valence-corrected chi connectivity index (χ4v) is 13.4. The van der Waals surface area contributed by atoms with Crippen LogP contribution in [0.4, 0.5) is 0 Å². The minimum Gasteiger partial charge on any atom is -0.466 e. The van der Waals surface area contributed by atoms with E-state index in [4.69, 9.17) is 14.2 Å². The van der Waals surface area contributed by atoms with Gasteiger partial charge in [-0.25, -0.2) is 0 Å². The van der Waals surface area contributed by atoms with Gasteiger partial charge in [0.25, 0.3) is 0 Å². The molecule has 11 nitrogen and oxygen atoms in total. The summed E-state index contributed by atoms with van der Waals surface area (Å²) in [6.07, 6.45) is 92.7. The van der Waals surface area contributed by atoms with Crippen LogP contribution in [0, 0.1) is 0 Å². The van der Waals surface area contributed by atoms with Gasteiger partial charge in [-0.15, -0.1) is 0 Å². The van der Waals surface area contributed by atoms with E-state index in [0.717, 1.165) is 64.2 Å². The van der Waals surface area contributed by atoms with Gasteiger partial charge in [0.2, 0.25) is 5.91 Å². The van der Waals surface area contributed by atoms with Crippen LogP contribution in [0.1, 0.15) is 418 Å². The van der Waals surface area contributed by atoms with Crippen LogP contribution < -0.4 is 5.32 Å². The highest BCUT2D eigenvalue weighted by Crippen LogP contribution is 2.24. The second kappa shape index (κ2) is 75.5. The monoisotopic (exact) mass is 1380 g/mol. The molecule has 0 radical (unpaired) electrons. The highest BCUT2D eigenvalue weighted by molar-refractivity contribution is 5.76. The minimum atomic E-state index is -1.58. The van der Waals surface area contributed by atoms with Crippen molar-refractivity contribution in [3.8, 4) is 0 Å². The van der Waals surface area contributed by atoms with Crippen LogP contribution in [0.3, 0.4) is 0 Å². The predicted molar refractivity (Wildman–Crippen MR) is 417 cm³/mol. The van der Waals surface area contributed by atoms with Gasteiger partial charge < -0.3 is 45.1 Å². The first-order valence-electron chi connectivity index (χ1n) is 42.6. The number of allylic oxidation sites excluding steroid dienone is 9. The number of carbonyl (C=O) groups excluding carboxylic acids is 2. The minimum absolute atomic E-state index is 0.00748. The lowest BCUT2D eigenvalue weighted by Crippen LogP contribution is -2.60. The van der Waals surface area contributed by atoms with Crippen molar-refractivity contribution >= 4 is 11.9 Å². The number of carbonyl (C=O) groups is 2. The van der Waals surface area contributed by atoms with Crippen molar-refractivity contribution in [1.29, 1.82) is 0 Å². The summed E-state index contributed by atoms with van der Waals surface area (Å²) in [6.45, 7) is 4.37. The Morgan fingerprint density at radius 2 is 0.694 bits per heavy atom. The van der Waals surface area contributed by atoms with Crippen LogP contribution >= 0.6 is 0 Å². The van der Waals surface area contributed by atoms with Gasteiger partial charge in [0.15, 0.2) is 6.29 Å². The molecule has 7 atom stereocenters. The highest BCUT2D eigenvalue weighted by Gasteiger charge is 2.44. The summed E-state index contributed by atoms with van der Waals surface area (Å²) in [4.78, 5) is 25.2. The highest BCUT2D eigenvalue weighted by atomic mass is 16.7. The predicted octanol–water partition coefficient (Wildman–Crippen LogP) is 23.6. The van der Waals surface area contributed by atoms with Crippen LogP contribution in [0.15, 0.2) is 60.8 Å². The standard InChI is InChI=1S/C87H161NO10/c1-3-5-7-9-11-13-15-17-19-47-51-55-59-63-67-71-75-83(92)96-76-72-68-64-60-56-52-48-44-42-40-38-36-34-32-30-28-26-24-22-20-21-23-25-27-29-31-33-35-37-39-41-43-46-50-54-58-62-66-70-74-82(91)88-79(78-97-87-86(95)85(94)84(93)81(77-89)98-87)80(90)73-69-65-61-57-53-49-45-18-16-14-12-10-8-6-4-2/h19-21,24,26,47,53,57,69,73,79-81,84-87,89-90,93-95H,3-18,22-23,25,27-46,48-52,54-56,58-68,70-72,74-78H2,1-2H3,(H,88,91)/b21-20-,26-24-,47-19-,57-53+,73-69+. The molecule has 574 valence electrons. The van der Waals surface area contributed by atoms with Crippen LogP contribution in [0.25, 0.3) is 0 Å². The van der Waals surface area contributed by atoms with Crippen molar-refractivity contribution in [2.75, 3.05) is 19.8 Å². The van der Waals surface area contributed by atoms with E-state index in [1.54, 1.807) is 6.08 Å². The Balaban J connectivity index is 1.91. The second-order valence-electron chi connectivity index (χ2n) is 29.5. The van der Waals surface area contributed by atoms with E-state index in [1.807, 2.05) is 6.08 Å². The number of aliphatic hydroxyl groups excluding tert-OH is 5. The molecule has 98 heavy (non-hydrogen) atoms. The van der Waals surface area contributed by atoms with Crippen LogP contribution in [0.2, 0.25) is 0 Å². The Morgan fingerprint density at radius 3 is 1.07 bits per heavy atom. The zero-order valence-corrected chi connectivity index (χ0v) is 64.3. The fraction of sp³-hybridized carbons (Fsp3) is 0.862. The number of rotatable bonds is 76. The molecule has 1 rings (SSSR count). The lowest BCUT2D eigenvalue weighted by atomic mass is 9.99. The molecule has 6 N–H and O–H groups in total. The largest absolute Gasteiger partial charge is 0.466 e. The molecule has 1 aliphatic rings. The van der Waals surface area contributed by atoms with Crippen LogP contribution in [0.5, 0.6) is 0 Å². The molecule has 0 saturated carbocycles. The maximum Gasteiger partial charge on any atom is 0.305 e. The first-order chi connectivity index (χ1) is 48.2. The lowest BCUT2D eigenvalue weighted by molar-refractivity contribution is -0.302. The Bertz CT molecular complexity index is 1820. The number of aliphatic hydroxyl groups is 5. The van der Waals surface area contributed by atoms with Gasteiger partial charge in [0, 0.05) is 12.8 Å². The summed E-state index contributed by atoms with van der Waals surface area (Å²) >= 11 is 0. The topological polar surface area (TPSA) is 175 Å². The maximum absolute atomic E-state index is 13.1. The molecule has 0 aromatic carbocycles. The Morgan fingerprint density at radius 1 is 0.378 bits per heavy atom. The van der Waals surface area contributed by atoms with Crippen molar-refractivity contribution in [3.05, 3.63) is 60.8 Å². The van der Waals surface area contributed by atoms with Gasteiger partial charge in [-0.3, -0.25) is 9.59 Å². The third kappa shape index (κ3) is 63.1. The maximum atomic E-state index is 13.1. The summed E-state index contributed by atoms with van der Waals surface area (Å²) in [5, 5.41) is 54.6. The van der Waals surface area contributed by atoms with E-state index in [-0.39, 0.29) is 18.5 Å². The van der Waals surface area contributed by atoms with Crippen LogP contribution in [-0.2, 0) is 23.8 Å². The molecule has 1 aliphatic heterocycles. The number of hydrogen-bond donors (Lipinski definition) is 6. The molecule has 1 amide bonds. The summed E-state index contributed by atoms with van der Waals surface area (Å²) in [6, 6.07) is -0.827. The molecule has 0 aliphatic carbocycles. The molecule has 11 heteroatoms. The summed E-state index contributed by atoms with van der Waals surface area (Å²) < 4.78 is 16.8. The van der Waals surface area contributed by atoms with Gasteiger partial charge in [-0.05, 0) is 103 Å². The molecule has 1 fully saturated rings. The molecule has 0 aromatic heterocycles. The van der Waals surface area contributed by atoms with Crippen LogP contribution in [-0.4, -0.2) is 100 Å². The number of ether oxygens (including phenoxy) is 3. The number of unbranched alkanes of at least 4 members (excludes halogenated alkanes) is 54. The molecular weight excluding hydrogens is 1220 g/mol. The summed E-state index contributed by atoms with van der Waals surface area (Å²) in [7, 11) is 0. The SMILES string of the molecule is CCCCCCCCC/C=C\CCCCCCCC(=O)OCCCCCCCCCCCCCCCCC/C=C\C/C=C\CCCCCCCCCCCCCCCCCCCC(=O)NC(COC1OC(CO)C(O)C(O)C1O)C(O)/C=C/CC/C=C/CCCCCCCCCCC. The van der Waals surface area contributed by atoms with Gasteiger partial charge in [0.1, 0.15) is 24.4 Å². The average Bonchev–Trinajstić information content (AvgIpc) is 0.827. The van der Waals surface area contributed by atoms with E-state index in [0.29, 0.717) is 19.4 Å². The lowest BCUT2D eigenvalue weighted by Gasteiger charge is -2.40. The third-order valence-electron chi connectivity index (χ3n) is 20.1. The molecule has 0 aromatic rings. The van der Waals surface area contributed by atoms with Crippen molar-refractivity contribution in [3.63, 3.8) is 0 Å². The first-order valence-corrected chi connectivity index (χ1v) is 42.6. The average molecular weight is 1380 g/mol. The molecule has 0 spiro atoms. The normalized spacial score (nSPS) is 17.5. The Hall–Kier alpha value is -2.64. The van der Waals surface area contributed by atoms with E-state index >= 15 is 0 Å². The molecule has 1 saturated heterocycles. The molecular formula is C87H161NO10. The second-order valence-corrected chi connectivity index (χ2v) is 29.5. The van der Waals surface area contributed by atoms with Gasteiger partial charge in [-0.2, -0.15) is 0 Å². The molecule has 0 bridgehead atoms. The number of hydrogen-bond acceptors (Lipinski definition) is 10. The smallest absolute Gasteiger partial charge is 0.305 e. The Kier molecular flexibility index (Phi) is 71.9. The summed E-state index contributed by atoms with van der Waals surface area (Å²) in [5.41, 5.74) is 0. The molecule has 1 heterocycles. The zero-order valence-electron chi connectivity index (χ0n) is 64.3. The van der Waals surface area contributed by atoms with Crippen molar-refractivity contribution in [1.82, 2.24) is 5.32 Å². The van der Waals surface area contributed by atoms with Crippen molar-refractivity contribution in [2.45, 2.75) is 461 Å². The van der Waals surface area contributed by atoms with Crippen molar-refractivity contribution in [2.24, 2.45) is 0 Å². The van der Waals surface area contributed by atoms with Gasteiger partial charge >= 0.3 is 5.97 Å². The van der Waals surface area contributed by atoms with E-state index < -0.39 is 49.5 Å². The number of esters is 1. The number of amides is 1. The summed E-state index contributed by atoms with van der Waals surface area (Å²) in [5.74, 6) is -0.179. The first kappa shape index (κ1) is 93.4. The van der Waals surface area contributed by atoms with Gasteiger partial charge in [-0.1, -0.05) is 364 Å². The van der Waals surface area contributed by atoms with E-state index in [9.17, 15) is 35.1 Å². The quantitative estimate of drug-likeness (QED) is 0.0195. The van der Waals surface area contributed by atoms with Gasteiger partial charge in [0.05, 0.1) is 32.0 Å². The van der Waals surface area contributed by atoms with Crippen molar-refractivity contribution < 1.29 is 49.3 Å². The van der Waals surface area contributed by atoms with E-state index in [1.165, 1.54) is 327 Å². The zero-order chi connectivity index (χ0) is 70.8. The third-order valence-corrected chi connectivity index (χ3v) is 20.1.